The summed E-state index contributed by atoms with van der Waals surface area (Å²) in [5.41, 5.74) is 5.43. The lowest BCUT2D eigenvalue weighted by Crippen LogP contribution is -2.62. The Kier molecular flexibility index (Phi) is 19.5. The summed E-state index contributed by atoms with van der Waals surface area (Å²) in [5, 5.41) is 19.5. The van der Waals surface area contributed by atoms with Crippen LogP contribution in [0, 0.1) is 5.82 Å². The number of amides is 8. The number of halogens is 1. The number of carbonyl (C=O) groups excluding carboxylic acids is 8. The summed E-state index contributed by atoms with van der Waals surface area (Å²) in [5.74, 6) is -6.10. The third-order valence-electron chi connectivity index (χ3n) is 12.6. The van der Waals surface area contributed by atoms with Crippen molar-refractivity contribution in [1.29, 1.82) is 0 Å². The van der Waals surface area contributed by atoms with Gasteiger partial charge in [-0.2, -0.15) is 5.48 Å². The number of carbonyl (C=O) groups is 8. The minimum absolute atomic E-state index is 0.00646. The Morgan fingerprint density at radius 1 is 0.895 bits per heavy atom. The number of alkyl carbamates (subject to hydrolysis) is 1. The molecule has 0 spiro atoms. The van der Waals surface area contributed by atoms with Crippen LogP contribution < -0.4 is 48.2 Å². The zero-order valence-corrected chi connectivity index (χ0v) is 44.6. The molecule has 2 aromatic carbocycles. The summed E-state index contributed by atoms with van der Waals surface area (Å²) in [7, 11) is 1.22. The van der Waals surface area contributed by atoms with E-state index in [0.29, 0.717) is 27.6 Å². The molecule has 24 nitrogen and oxygen atoms in total. The third-order valence-corrected chi connectivity index (χ3v) is 12.6. The van der Waals surface area contributed by atoms with Crippen LogP contribution in [0.2, 0.25) is 0 Å². The van der Waals surface area contributed by atoms with Gasteiger partial charge >= 0.3 is 6.09 Å². The number of benzene rings is 2. The fraction of sp³-hybridized carbons (Fsp3) is 0.569. The minimum atomic E-state index is -1.57. The van der Waals surface area contributed by atoms with Crippen molar-refractivity contribution < 1.29 is 66.6 Å². The summed E-state index contributed by atoms with van der Waals surface area (Å²) >= 11 is 0. The van der Waals surface area contributed by atoms with E-state index >= 15 is 14.0 Å². The Bertz CT molecular complexity index is 2620. The summed E-state index contributed by atoms with van der Waals surface area (Å²) in [4.78, 5) is 126. The van der Waals surface area contributed by atoms with Crippen molar-refractivity contribution in [2.45, 2.75) is 154 Å². The van der Waals surface area contributed by atoms with E-state index in [1.165, 1.54) is 37.1 Å². The number of fused-ring (bicyclic) bond motifs is 12. The summed E-state index contributed by atoms with van der Waals surface area (Å²) < 4.78 is 34.6. The van der Waals surface area contributed by atoms with Crippen molar-refractivity contribution >= 4 is 58.3 Å². The first kappa shape index (κ1) is 58.5. The van der Waals surface area contributed by atoms with E-state index in [2.05, 4.69) is 48.2 Å². The molecular formula is C51H72FN11O13. The fourth-order valence-corrected chi connectivity index (χ4v) is 9.10. The molecule has 9 atom stereocenters. The number of hydrogen-bond acceptors (Lipinski definition) is 15. The molecule has 1 unspecified atom stereocenters. The predicted molar refractivity (Wildman–Crippen MR) is 271 cm³/mol. The van der Waals surface area contributed by atoms with E-state index < -0.39 is 132 Å². The van der Waals surface area contributed by atoms with Crippen LogP contribution in [0.4, 0.5) is 9.18 Å². The van der Waals surface area contributed by atoms with Crippen LogP contribution in [0.5, 0.6) is 0 Å². The molecule has 3 aliphatic heterocycles. The molecular weight excluding hydrogens is 994 g/mol. The molecule has 3 aliphatic rings. The lowest BCUT2D eigenvalue weighted by molar-refractivity contribution is -0.150. The van der Waals surface area contributed by atoms with Gasteiger partial charge in [-0.3, -0.25) is 48.6 Å². The number of rotatable bonds is 8. The second kappa shape index (κ2) is 25.4. The normalized spacial score (nSPS) is 24.5. The molecule has 76 heavy (non-hydrogen) atoms. The molecule has 3 aromatic rings. The monoisotopic (exact) mass is 1070 g/mol. The van der Waals surface area contributed by atoms with Crippen LogP contribution in [-0.2, 0) is 76.8 Å². The maximum absolute atomic E-state index is 15.6. The van der Waals surface area contributed by atoms with E-state index in [1.807, 2.05) is 0 Å². The van der Waals surface area contributed by atoms with Gasteiger partial charge in [0.1, 0.15) is 61.1 Å². The van der Waals surface area contributed by atoms with Crippen molar-refractivity contribution in [3.63, 3.8) is 0 Å². The maximum atomic E-state index is 15.6. The van der Waals surface area contributed by atoms with Crippen molar-refractivity contribution in [3.8, 4) is 0 Å². The topological polar surface area (TPSA) is 299 Å². The zero-order valence-electron chi connectivity index (χ0n) is 44.6. The zero-order chi connectivity index (χ0) is 55.6. The molecule has 4 heterocycles. The molecule has 9 N–H and O–H groups in total. The molecule has 8 amide bonds. The average molecular weight is 1070 g/mol. The highest BCUT2D eigenvalue weighted by atomic mass is 19.1. The molecule has 0 aliphatic carbocycles. The SMILES string of the molecule is CONC(=O)[C@@H](NC(=O)[C@@H]1[C@@H]2CCN1C(=O)[C@@H]1Cc3cn(c4ccc(F)cc34)C(C)NOCN[C@@H](C)C(=O)N[C@H](CNC(=O)OC(C)(C)C)C(=O)N[C@@H](Cc3cccc(c3)CNC(=O)CO2)C(=O)N1)[C@@H](C)OC(C)(C)C. The predicted octanol–water partition coefficient (Wildman–Crippen LogP) is 0.516. The lowest BCUT2D eigenvalue weighted by Gasteiger charge is -2.34. The van der Waals surface area contributed by atoms with Gasteiger partial charge in [-0.25, -0.2) is 14.7 Å². The number of nitrogens with zero attached hydrogens (tertiary/aromatic N) is 2. The number of ether oxygens (including phenoxy) is 3. The molecule has 0 saturated carbocycles. The molecule has 6 rings (SSSR count). The second-order valence-corrected chi connectivity index (χ2v) is 21.0. The van der Waals surface area contributed by atoms with Gasteiger partial charge in [0.05, 0.1) is 37.5 Å². The first-order valence-electron chi connectivity index (χ1n) is 25.2. The van der Waals surface area contributed by atoms with Crippen LogP contribution in [0.25, 0.3) is 10.9 Å². The van der Waals surface area contributed by atoms with Gasteiger partial charge in [0.2, 0.25) is 35.4 Å². The van der Waals surface area contributed by atoms with Gasteiger partial charge in [-0.05, 0) is 104 Å². The van der Waals surface area contributed by atoms with E-state index in [9.17, 15) is 28.8 Å². The molecule has 25 heteroatoms. The number of aromatic nitrogens is 1. The van der Waals surface area contributed by atoms with E-state index in [4.69, 9.17) is 23.9 Å². The third kappa shape index (κ3) is 15.9. The van der Waals surface area contributed by atoms with Gasteiger partial charge < -0.3 is 55.6 Å². The highest BCUT2D eigenvalue weighted by Gasteiger charge is 2.47. The Hall–Kier alpha value is -6.77. The molecule has 416 valence electrons. The Morgan fingerprint density at radius 2 is 1.62 bits per heavy atom. The second-order valence-electron chi connectivity index (χ2n) is 21.0. The number of hydroxylamine groups is 2. The summed E-state index contributed by atoms with van der Waals surface area (Å²) in [6.45, 7) is 13.7. The Balaban J connectivity index is 1.49. The number of hydrogen-bond donors (Lipinski definition) is 9. The van der Waals surface area contributed by atoms with Gasteiger partial charge in [0, 0.05) is 43.0 Å². The number of nitrogens with one attached hydrogen (secondary N) is 9. The average Bonchev–Trinajstić information content (AvgIpc) is 3.93. The standard InChI is InChI=1S/C51H72FN11O13/c1-27-43(65)58-37(23-54-49(71)76-51(7,8)9)45(67)56-35-19-30-12-11-13-31(18-30)22-53-40(64)25-73-39-16-17-62(42(39)47(69)59-41(46(68)61-72-10)28(2)75-50(4,5)6)48(70)36(57-44(35)66)20-32-24-63(29(3)60-74-26-55-27)38-15-14-33(52)21-34(32)38/h11-15,18,21,24,27-29,35-37,39,41-42,55,60H,16-17,19-20,22-23,25-26H2,1-10H3,(H,53,64)(H,54,71)(H,56,67)(H,57,66)(H,58,65)(H,59,69)(H,61,68)/t27-,28+,29?,35-,36-,37+,39-,41-,42-/m0/s1. The van der Waals surface area contributed by atoms with Crippen molar-refractivity contribution in [2.75, 3.05) is 33.5 Å². The van der Waals surface area contributed by atoms with Crippen LogP contribution in [0.15, 0.2) is 48.7 Å². The Morgan fingerprint density at radius 3 is 2.33 bits per heavy atom. The van der Waals surface area contributed by atoms with Gasteiger partial charge in [0.15, 0.2) is 0 Å². The molecule has 1 fully saturated rings. The van der Waals surface area contributed by atoms with Crippen LogP contribution >= 0.6 is 0 Å². The highest BCUT2D eigenvalue weighted by Crippen LogP contribution is 2.29. The molecule has 1 saturated heterocycles. The van der Waals surface area contributed by atoms with Gasteiger partial charge in [0.25, 0.3) is 5.91 Å². The van der Waals surface area contributed by atoms with Crippen LogP contribution in [0.3, 0.4) is 0 Å². The quantitative estimate of drug-likeness (QED) is 0.139. The smallest absolute Gasteiger partial charge is 0.407 e. The maximum Gasteiger partial charge on any atom is 0.407 e. The van der Waals surface area contributed by atoms with Gasteiger partial charge in [-0.1, -0.05) is 24.3 Å². The fourth-order valence-electron chi connectivity index (χ4n) is 9.10. The highest BCUT2D eigenvalue weighted by molar-refractivity contribution is 5.98. The lowest BCUT2D eigenvalue weighted by atomic mass is 10.00. The van der Waals surface area contributed by atoms with Crippen LogP contribution in [0.1, 0.15) is 91.6 Å². The Labute approximate surface area is 440 Å². The molecule has 8 bridgehead atoms. The van der Waals surface area contributed by atoms with E-state index in [1.54, 1.807) is 90.4 Å². The minimum Gasteiger partial charge on any atom is -0.444 e. The van der Waals surface area contributed by atoms with Gasteiger partial charge in [-0.15, -0.1) is 0 Å². The van der Waals surface area contributed by atoms with Crippen molar-refractivity contribution in [3.05, 3.63) is 71.2 Å². The van der Waals surface area contributed by atoms with E-state index in [0.717, 1.165) is 0 Å². The first-order valence-corrected chi connectivity index (χ1v) is 25.2. The molecule has 1 aromatic heterocycles. The van der Waals surface area contributed by atoms with Crippen molar-refractivity contribution in [1.82, 2.24) is 57.6 Å². The van der Waals surface area contributed by atoms with Crippen molar-refractivity contribution in [2.24, 2.45) is 0 Å². The summed E-state index contributed by atoms with van der Waals surface area (Å²) in [6, 6.07) is 2.45. The first-order chi connectivity index (χ1) is 35.8. The van der Waals surface area contributed by atoms with E-state index in [-0.39, 0.29) is 39.1 Å². The largest absolute Gasteiger partial charge is 0.444 e. The summed E-state index contributed by atoms with van der Waals surface area (Å²) in [6.07, 6.45) is -2.49. The van der Waals surface area contributed by atoms with Crippen LogP contribution in [-0.4, -0.2) is 150 Å². The molecule has 0 radical (unpaired) electrons.